The van der Waals surface area contributed by atoms with E-state index in [0.29, 0.717) is 13.0 Å². The Morgan fingerprint density at radius 2 is 2.31 bits per heavy atom. The lowest BCUT2D eigenvalue weighted by Gasteiger charge is -2.20. The Kier molecular flexibility index (Phi) is 4.71. The Morgan fingerprint density at radius 1 is 1.62 bits per heavy atom. The zero-order valence-electron chi connectivity index (χ0n) is 9.81. The molecule has 1 aliphatic rings. The number of nitrogens with one attached hydrogen (secondary N) is 1. The van der Waals surface area contributed by atoms with Gasteiger partial charge in [-0.15, -0.1) is 0 Å². The highest BCUT2D eigenvalue weighted by molar-refractivity contribution is 7.90. The summed E-state index contributed by atoms with van der Waals surface area (Å²) in [5.41, 5.74) is 0. The summed E-state index contributed by atoms with van der Waals surface area (Å²) in [6.45, 7) is 3.13. The summed E-state index contributed by atoms with van der Waals surface area (Å²) >= 11 is 0. The van der Waals surface area contributed by atoms with Crippen molar-refractivity contribution in [3.8, 4) is 6.07 Å². The van der Waals surface area contributed by atoms with E-state index >= 15 is 0 Å². The van der Waals surface area contributed by atoms with Gasteiger partial charge in [0.25, 0.3) is 0 Å². The lowest BCUT2D eigenvalue weighted by Crippen LogP contribution is -2.41. The number of likely N-dealkylation sites (N-methyl/N-ethyl adjacent to an activating group) is 1. The molecule has 1 saturated heterocycles. The molecule has 92 valence electrons. The van der Waals surface area contributed by atoms with Gasteiger partial charge in [-0.2, -0.15) is 5.26 Å². The highest BCUT2D eigenvalue weighted by atomic mass is 32.2. The molecule has 1 fully saturated rings. The van der Waals surface area contributed by atoms with Gasteiger partial charge in [0.05, 0.1) is 6.07 Å². The summed E-state index contributed by atoms with van der Waals surface area (Å²) in [7, 11) is -1.48. The van der Waals surface area contributed by atoms with Crippen molar-refractivity contribution in [2.24, 2.45) is 0 Å². The maximum Gasteiger partial charge on any atom is 0.228 e. The smallest absolute Gasteiger partial charge is 0.228 e. The van der Waals surface area contributed by atoms with Gasteiger partial charge >= 0.3 is 0 Å². The van der Waals surface area contributed by atoms with Crippen LogP contribution >= 0.6 is 0 Å². The fourth-order valence-corrected chi connectivity index (χ4v) is 3.13. The molecule has 1 heterocycles. The topological polar surface area (TPSA) is 73.2 Å². The van der Waals surface area contributed by atoms with Gasteiger partial charge in [0, 0.05) is 12.6 Å². The monoisotopic (exact) mass is 245 g/mol. The number of likely N-dealkylation sites (tertiary alicyclic amines) is 1. The van der Waals surface area contributed by atoms with Crippen molar-refractivity contribution in [2.75, 3.05) is 20.1 Å². The van der Waals surface area contributed by atoms with E-state index in [9.17, 15) is 8.42 Å². The Bertz CT molecular complexity index is 361. The quantitative estimate of drug-likeness (QED) is 0.756. The predicted octanol–water partition coefficient (Wildman–Crippen LogP) is 0.302. The second-order valence-corrected chi connectivity index (χ2v) is 6.14. The summed E-state index contributed by atoms with van der Waals surface area (Å²) in [5.74, 6) is 0. The zero-order chi connectivity index (χ0) is 12.2. The van der Waals surface area contributed by atoms with E-state index in [0.717, 1.165) is 19.4 Å². The summed E-state index contributed by atoms with van der Waals surface area (Å²) in [4.78, 5) is 2.15. The van der Waals surface area contributed by atoms with Crippen LogP contribution in [0.15, 0.2) is 0 Å². The van der Waals surface area contributed by atoms with Gasteiger partial charge in [0.2, 0.25) is 10.0 Å². The number of rotatable bonds is 5. The fraction of sp³-hybridized carbons (Fsp3) is 0.900. The molecule has 0 aromatic heterocycles. The molecule has 1 N–H and O–H groups in total. The first-order valence-electron chi connectivity index (χ1n) is 5.59. The van der Waals surface area contributed by atoms with Crippen molar-refractivity contribution < 1.29 is 8.42 Å². The SMILES string of the molecule is CCC(C#N)S(=O)(=O)NCC1CCCN1C. The Morgan fingerprint density at radius 3 is 2.75 bits per heavy atom. The average Bonchev–Trinajstić information content (AvgIpc) is 2.62. The van der Waals surface area contributed by atoms with Crippen LogP contribution in [0.4, 0.5) is 0 Å². The van der Waals surface area contributed by atoms with E-state index in [1.807, 2.05) is 13.1 Å². The minimum absolute atomic E-state index is 0.269. The van der Waals surface area contributed by atoms with Gasteiger partial charge in [0.15, 0.2) is 5.25 Å². The van der Waals surface area contributed by atoms with Crippen molar-refractivity contribution in [3.63, 3.8) is 0 Å². The van der Waals surface area contributed by atoms with Crippen LogP contribution in [0.1, 0.15) is 26.2 Å². The molecule has 0 bridgehead atoms. The third kappa shape index (κ3) is 3.17. The maximum absolute atomic E-state index is 11.7. The first-order valence-corrected chi connectivity index (χ1v) is 7.14. The minimum Gasteiger partial charge on any atom is -0.302 e. The van der Waals surface area contributed by atoms with Crippen LogP contribution < -0.4 is 4.72 Å². The van der Waals surface area contributed by atoms with Gasteiger partial charge in [-0.05, 0) is 32.9 Å². The van der Waals surface area contributed by atoms with Crippen LogP contribution in [0.3, 0.4) is 0 Å². The second kappa shape index (κ2) is 5.62. The molecule has 0 amide bonds. The van der Waals surface area contributed by atoms with Crippen molar-refractivity contribution in [1.82, 2.24) is 9.62 Å². The number of nitriles is 1. The molecule has 6 heteroatoms. The first kappa shape index (κ1) is 13.4. The first-order chi connectivity index (χ1) is 7.51. The molecule has 0 spiro atoms. The van der Waals surface area contributed by atoms with Crippen LogP contribution in [0.25, 0.3) is 0 Å². The number of hydrogen-bond donors (Lipinski definition) is 1. The molecule has 2 atom stereocenters. The Labute approximate surface area is 97.5 Å². The molecule has 1 rings (SSSR count). The van der Waals surface area contributed by atoms with E-state index in [1.54, 1.807) is 6.92 Å². The average molecular weight is 245 g/mol. The van der Waals surface area contributed by atoms with Crippen LogP contribution in [-0.2, 0) is 10.0 Å². The van der Waals surface area contributed by atoms with Gasteiger partial charge < -0.3 is 4.90 Å². The van der Waals surface area contributed by atoms with Gasteiger partial charge in [-0.25, -0.2) is 13.1 Å². The molecule has 1 aliphatic heterocycles. The summed E-state index contributed by atoms with van der Waals surface area (Å²) in [5, 5.41) is 7.79. The minimum atomic E-state index is -3.47. The maximum atomic E-state index is 11.7. The number of sulfonamides is 1. The largest absolute Gasteiger partial charge is 0.302 e. The highest BCUT2D eigenvalue weighted by Gasteiger charge is 2.26. The molecule has 0 saturated carbocycles. The van der Waals surface area contributed by atoms with E-state index in [4.69, 9.17) is 5.26 Å². The summed E-state index contributed by atoms with van der Waals surface area (Å²) in [6.07, 6.45) is 2.45. The number of nitrogens with zero attached hydrogens (tertiary/aromatic N) is 2. The van der Waals surface area contributed by atoms with Crippen LogP contribution in [0.5, 0.6) is 0 Å². The fourth-order valence-electron chi connectivity index (χ4n) is 1.93. The molecule has 5 nitrogen and oxygen atoms in total. The van der Waals surface area contributed by atoms with Crippen LogP contribution in [0.2, 0.25) is 0 Å². The predicted molar refractivity (Wildman–Crippen MR) is 62.3 cm³/mol. The van der Waals surface area contributed by atoms with Crippen molar-refractivity contribution in [1.29, 1.82) is 5.26 Å². The van der Waals surface area contributed by atoms with Crippen molar-refractivity contribution in [2.45, 2.75) is 37.5 Å². The molecule has 0 aromatic rings. The standard InChI is InChI=1S/C10H19N3O2S/c1-3-10(7-11)16(14,15)12-8-9-5-4-6-13(9)2/h9-10,12H,3-6,8H2,1-2H3. The highest BCUT2D eigenvalue weighted by Crippen LogP contribution is 2.14. The lowest BCUT2D eigenvalue weighted by atomic mass is 10.2. The zero-order valence-corrected chi connectivity index (χ0v) is 10.6. The molecule has 0 aromatic carbocycles. The van der Waals surface area contributed by atoms with Gasteiger partial charge in [-0.3, -0.25) is 0 Å². The van der Waals surface area contributed by atoms with E-state index < -0.39 is 15.3 Å². The second-order valence-electron chi connectivity index (χ2n) is 4.20. The Hall–Kier alpha value is -0.640. The third-order valence-electron chi connectivity index (χ3n) is 3.08. The molecule has 16 heavy (non-hydrogen) atoms. The number of hydrogen-bond acceptors (Lipinski definition) is 4. The third-order valence-corrected chi connectivity index (χ3v) is 4.84. The van der Waals surface area contributed by atoms with E-state index in [2.05, 4.69) is 9.62 Å². The Balaban J connectivity index is 2.51. The summed E-state index contributed by atoms with van der Waals surface area (Å²) in [6, 6.07) is 2.08. The normalized spacial score (nSPS) is 24.2. The molecule has 0 aliphatic carbocycles. The van der Waals surface area contributed by atoms with E-state index in [-0.39, 0.29) is 6.04 Å². The van der Waals surface area contributed by atoms with Crippen LogP contribution in [-0.4, -0.2) is 44.7 Å². The molecular weight excluding hydrogens is 226 g/mol. The summed E-state index contributed by atoms with van der Waals surface area (Å²) < 4.78 is 25.9. The van der Waals surface area contributed by atoms with E-state index in [1.165, 1.54) is 0 Å². The van der Waals surface area contributed by atoms with Gasteiger partial charge in [0.1, 0.15) is 0 Å². The van der Waals surface area contributed by atoms with Gasteiger partial charge in [-0.1, -0.05) is 6.92 Å². The molecule has 2 unspecified atom stereocenters. The molecular formula is C10H19N3O2S. The van der Waals surface area contributed by atoms with Crippen molar-refractivity contribution in [3.05, 3.63) is 0 Å². The molecule has 0 radical (unpaired) electrons. The van der Waals surface area contributed by atoms with Crippen LogP contribution in [0, 0.1) is 11.3 Å². The van der Waals surface area contributed by atoms with Crippen molar-refractivity contribution >= 4 is 10.0 Å². The lowest BCUT2D eigenvalue weighted by molar-refractivity contribution is 0.310.